The lowest BCUT2D eigenvalue weighted by Gasteiger charge is -2.17. The first kappa shape index (κ1) is 23.8. The van der Waals surface area contributed by atoms with Crippen molar-refractivity contribution in [3.63, 3.8) is 0 Å². The van der Waals surface area contributed by atoms with E-state index in [4.69, 9.17) is 11.6 Å². The lowest BCUT2D eigenvalue weighted by molar-refractivity contribution is -0.113. The van der Waals surface area contributed by atoms with E-state index in [1.807, 2.05) is 24.3 Å². The van der Waals surface area contributed by atoms with Crippen LogP contribution in [-0.4, -0.2) is 37.6 Å². The number of phenolic OH excluding ortho intramolecular Hbond substituents is 2. The minimum atomic E-state index is -3.71. The molecule has 1 aliphatic rings. The molecule has 34 heavy (non-hydrogen) atoms. The third kappa shape index (κ3) is 4.94. The molecule has 3 aromatic carbocycles. The molecule has 3 aromatic rings. The molecule has 0 bridgehead atoms. The number of benzene rings is 3. The fourth-order valence-corrected chi connectivity index (χ4v) is 5.34. The number of rotatable bonds is 6. The quantitative estimate of drug-likeness (QED) is 0.353. The van der Waals surface area contributed by atoms with Gasteiger partial charge < -0.3 is 15.1 Å². The van der Waals surface area contributed by atoms with Crippen LogP contribution in [0.5, 0.6) is 11.5 Å². The van der Waals surface area contributed by atoms with Gasteiger partial charge in [0, 0.05) is 24.9 Å². The Labute approximate surface area is 203 Å². The molecule has 0 unspecified atom stereocenters. The maximum atomic E-state index is 12.8. The van der Waals surface area contributed by atoms with Crippen molar-refractivity contribution in [1.29, 1.82) is 0 Å². The Hall–Kier alpha value is -3.33. The van der Waals surface area contributed by atoms with Crippen molar-refractivity contribution in [3.8, 4) is 11.5 Å². The Morgan fingerprint density at radius 2 is 1.65 bits per heavy atom. The second-order valence-corrected chi connectivity index (χ2v) is 10.1. The molecule has 0 aliphatic heterocycles. The largest absolute Gasteiger partial charge is 0.504 e. The summed E-state index contributed by atoms with van der Waals surface area (Å²) in [6, 6.07) is 16.5. The van der Waals surface area contributed by atoms with E-state index < -0.39 is 15.8 Å². The van der Waals surface area contributed by atoms with Crippen LogP contribution in [0.2, 0.25) is 5.02 Å². The molecule has 0 atom stereocenters. The molecular formula is C25H23ClN2O5S. The summed E-state index contributed by atoms with van der Waals surface area (Å²) >= 11 is 5.98. The number of nitrogens with one attached hydrogen (secondary N) is 1. The summed E-state index contributed by atoms with van der Waals surface area (Å²) in [4.78, 5) is 14.0. The molecule has 4 rings (SSSR count). The number of hydrogen-bond donors (Lipinski definition) is 3. The minimum Gasteiger partial charge on any atom is -0.504 e. The van der Waals surface area contributed by atoms with Gasteiger partial charge in [-0.15, -0.1) is 0 Å². The van der Waals surface area contributed by atoms with Gasteiger partial charge in [-0.1, -0.05) is 35.9 Å². The van der Waals surface area contributed by atoms with Crippen LogP contribution in [0, 0.1) is 0 Å². The third-order valence-corrected chi connectivity index (χ3v) is 7.70. The van der Waals surface area contributed by atoms with E-state index >= 15 is 0 Å². The van der Waals surface area contributed by atoms with Crippen molar-refractivity contribution in [2.45, 2.75) is 23.8 Å². The lowest BCUT2D eigenvalue weighted by atomic mass is 10.1. The summed E-state index contributed by atoms with van der Waals surface area (Å²) in [5.41, 5.74) is 3.17. The number of likely N-dealkylation sites (N-methyl/N-ethyl adjacent to an activating group) is 1. The second-order valence-electron chi connectivity index (χ2n) is 8.06. The molecule has 3 N–H and O–H groups in total. The van der Waals surface area contributed by atoms with Gasteiger partial charge in [0.05, 0.1) is 9.92 Å². The normalized spacial score (nSPS) is 13.8. The molecule has 1 amide bonds. The maximum Gasteiger partial charge on any atom is 0.250 e. The van der Waals surface area contributed by atoms with E-state index in [2.05, 4.69) is 4.72 Å². The number of sulfonamides is 1. The van der Waals surface area contributed by atoms with Gasteiger partial charge in [-0.2, -0.15) is 0 Å². The number of halogens is 1. The van der Waals surface area contributed by atoms with E-state index in [-0.39, 0.29) is 27.6 Å². The molecule has 7 nitrogen and oxygen atoms in total. The van der Waals surface area contributed by atoms with Crippen molar-refractivity contribution in [3.05, 3.63) is 88.5 Å². The molecule has 0 heterocycles. The van der Waals surface area contributed by atoms with Gasteiger partial charge in [0.1, 0.15) is 0 Å². The van der Waals surface area contributed by atoms with Gasteiger partial charge in [-0.3, -0.25) is 4.79 Å². The van der Waals surface area contributed by atoms with E-state index in [1.165, 1.54) is 41.3 Å². The molecule has 0 spiro atoms. The smallest absolute Gasteiger partial charge is 0.250 e. The number of hydrogen-bond acceptors (Lipinski definition) is 5. The number of nitrogens with zero attached hydrogens (tertiary/aromatic N) is 1. The summed E-state index contributed by atoms with van der Waals surface area (Å²) < 4.78 is 28.5. The van der Waals surface area contributed by atoms with E-state index in [0.717, 1.165) is 11.1 Å². The fraction of sp³-hybridized carbons (Fsp3) is 0.160. The van der Waals surface area contributed by atoms with Gasteiger partial charge in [0.15, 0.2) is 11.5 Å². The predicted octanol–water partition coefficient (Wildman–Crippen LogP) is 3.87. The van der Waals surface area contributed by atoms with Crippen LogP contribution in [0.25, 0.3) is 6.08 Å². The average Bonchev–Trinajstić information content (AvgIpc) is 3.23. The van der Waals surface area contributed by atoms with E-state index in [9.17, 15) is 23.4 Å². The van der Waals surface area contributed by atoms with Crippen LogP contribution in [0.1, 0.15) is 16.7 Å². The number of carbonyl (C=O) groups is 1. The Bertz CT molecular complexity index is 1350. The molecule has 9 heteroatoms. The van der Waals surface area contributed by atoms with Gasteiger partial charge in [0.25, 0.3) is 5.91 Å². The van der Waals surface area contributed by atoms with Crippen LogP contribution in [0.4, 0.5) is 5.69 Å². The Kier molecular flexibility index (Phi) is 6.65. The lowest BCUT2D eigenvalue weighted by Crippen LogP contribution is -2.35. The van der Waals surface area contributed by atoms with Crippen LogP contribution in [0.3, 0.4) is 0 Å². The third-order valence-electron chi connectivity index (χ3n) is 5.77. The van der Waals surface area contributed by atoms with Crippen LogP contribution in [0.15, 0.2) is 71.6 Å². The molecular weight excluding hydrogens is 476 g/mol. The van der Waals surface area contributed by atoms with Gasteiger partial charge >= 0.3 is 0 Å². The Morgan fingerprint density at radius 1 is 1.03 bits per heavy atom. The van der Waals surface area contributed by atoms with Crippen molar-refractivity contribution in [2.75, 3.05) is 11.9 Å². The van der Waals surface area contributed by atoms with E-state index in [1.54, 1.807) is 19.2 Å². The summed E-state index contributed by atoms with van der Waals surface area (Å²) in [7, 11) is -2.15. The van der Waals surface area contributed by atoms with Crippen molar-refractivity contribution in [2.24, 2.45) is 0 Å². The first-order valence-corrected chi connectivity index (χ1v) is 12.4. The molecule has 0 radical (unpaired) electrons. The van der Waals surface area contributed by atoms with Crippen LogP contribution in [-0.2, 0) is 27.7 Å². The molecule has 176 valence electrons. The average molecular weight is 499 g/mol. The van der Waals surface area contributed by atoms with Crippen molar-refractivity contribution < 1.29 is 23.4 Å². The summed E-state index contributed by atoms with van der Waals surface area (Å²) in [5.74, 6) is -1.20. The number of fused-ring (bicyclic) bond motifs is 1. The van der Waals surface area contributed by atoms with Gasteiger partial charge in [-0.05, 0) is 72.0 Å². The first-order chi connectivity index (χ1) is 16.2. The highest BCUT2D eigenvalue weighted by atomic mass is 35.5. The van der Waals surface area contributed by atoms with Crippen molar-refractivity contribution in [1.82, 2.24) is 4.72 Å². The Morgan fingerprint density at radius 3 is 2.26 bits per heavy atom. The number of amides is 1. The highest BCUT2D eigenvalue weighted by molar-refractivity contribution is 7.89. The zero-order valence-electron chi connectivity index (χ0n) is 18.3. The zero-order valence-corrected chi connectivity index (χ0v) is 19.8. The molecule has 0 fully saturated rings. The fourth-order valence-electron chi connectivity index (χ4n) is 3.88. The molecule has 1 aliphatic carbocycles. The SMILES string of the molecule is CN(C(=O)/C=C/c1ccc(O)c(O)c1Cl)c1ccc(S(=O)(=O)NC2Cc3ccccc3C2)cc1. The second kappa shape index (κ2) is 9.50. The predicted molar refractivity (Wildman–Crippen MR) is 132 cm³/mol. The highest BCUT2D eigenvalue weighted by Gasteiger charge is 2.26. The standard InChI is InChI=1S/C25H23ClN2O5S/c1-28(23(30)13-7-16-6-12-22(29)25(31)24(16)26)20-8-10-21(11-9-20)34(32,33)27-19-14-17-4-2-3-5-18(17)15-19/h2-13,19,27,29,31H,14-15H2,1H3/b13-7+. The first-order valence-electron chi connectivity index (χ1n) is 10.5. The molecule has 0 saturated carbocycles. The van der Waals surface area contributed by atoms with Crippen molar-refractivity contribution >= 4 is 39.3 Å². The van der Waals surface area contributed by atoms with Gasteiger partial charge in [-0.25, -0.2) is 13.1 Å². The van der Waals surface area contributed by atoms with Crippen LogP contribution < -0.4 is 9.62 Å². The number of phenols is 2. The summed E-state index contributed by atoms with van der Waals surface area (Å²) in [5, 5.41) is 19.1. The highest BCUT2D eigenvalue weighted by Crippen LogP contribution is 2.36. The maximum absolute atomic E-state index is 12.8. The van der Waals surface area contributed by atoms with Crippen LogP contribution >= 0.6 is 11.6 Å². The zero-order chi connectivity index (χ0) is 24.5. The topological polar surface area (TPSA) is 107 Å². The number of anilines is 1. The number of carbonyl (C=O) groups excluding carboxylic acids is 1. The number of aromatic hydroxyl groups is 2. The Balaban J connectivity index is 1.42. The monoisotopic (exact) mass is 498 g/mol. The molecule has 0 aromatic heterocycles. The van der Waals surface area contributed by atoms with E-state index in [0.29, 0.717) is 24.1 Å². The molecule has 0 saturated heterocycles. The summed E-state index contributed by atoms with van der Waals surface area (Å²) in [6.45, 7) is 0. The summed E-state index contributed by atoms with van der Waals surface area (Å²) in [6.07, 6.45) is 3.99. The van der Waals surface area contributed by atoms with Gasteiger partial charge in [0.2, 0.25) is 10.0 Å². The minimum absolute atomic E-state index is 0.0703.